The Balaban J connectivity index is 1.74. The van der Waals surface area contributed by atoms with Crippen LogP contribution in [0.15, 0.2) is 60.7 Å². The molecule has 2 N–H and O–H groups in total. The van der Waals surface area contributed by atoms with Gasteiger partial charge < -0.3 is 15.2 Å². The maximum atomic E-state index is 12.4. The second-order valence-electron chi connectivity index (χ2n) is 6.75. The number of aliphatic hydroxyl groups is 1. The molecule has 6 heteroatoms. The summed E-state index contributed by atoms with van der Waals surface area (Å²) in [5.41, 5.74) is 3.45. The lowest BCUT2D eigenvalue weighted by atomic mass is 10.00. The van der Waals surface area contributed by atoms with E-state index in [2.05, 4.69) is 5.32 Å². The van der Waals surface area contributed by atoms with Crippen LogP contribution in [-0.2, 0) is 4.79 Å². The number of nitrogens with one attached hydrogen (secondary N) is 1. The van der Waals surface area contributed by atoms with Crippen molar-refractivity contribution in [2.45, 2.75) is 20.0 Å². The number of aliphatic hydroxyl groups excluding tert-OH is 1. The molecule has 3 aromatic rings. The number of anilines is 1. The van der Waals surface area contributed by atoms with Crippen LogP contribution in [0, 0.1) is 13.8 Å². The van der Waals surface area contributed by atoms with Gasteiger partial charge in [-0.3, -0.25) is 4.79 Å². The minimum Gasteiger partial charge on any atom is -0.484 e. The molecule has 0 saturated carbocycles. The Hall–Kier alpha value is -2.53. The van der Waals surface area contributed by atoms with Gasteiger partial charge in [0.2, 0.25) is 0 Å². The highest BCUT2D eigenvalue weighted by Gasteiger charge is 2.17. The fourth-order valence-electron chi connectivity index (χ4n) is 3.01. The molecular weight excluding hydrogens is 409 g/mol. The van der Waals surface area contributed by atoms with Crippen LogP contribution in [0.5, 0.6) is 5.75 Å². The van der Waals surface area contributed by atoms with Crippen LogP contribution in [0.2, 0.25) is 10.0 Å². The Morgan fingerprint density at radius 3 is 2.34 bits per heavy atom. The summed E-state index contributed by atoms with van der Waals surface area (Å²) in [5.74, 6) is 0.222. The number of benzene rings is 3. The van der Waals surface area contributed by atoms with Crippen LogP contribution in [0.25, 0.3) is 0 Å². The molecule has 0 radical (unpaired) electrons. The number of rotatable bonds is 6. The smallest absolute Gasteiger partial charge is 0.262 e. The molecular formula is C23H21Cl2NO3. The molecule has 150 valence electrons. The molecule has 0 spiro atoms. The van der Waals surface area contributed by atoms with Crippen molar-refractivity contribution in [1.82, 2.24) is 0 Å². The molecule has 29 heavy (non-hydrogen) atoms. The highest BCUT2D eigenvalue weighted by Crippen LogP contribution is 2.31. The topological polar surface area (TPSA) is 58.6 Å². The first-order valence-corrected chi connectivity index (χ1v) is 9.82. The third-order valence-electron chi connectivity index (χ3n) is 4.48. The highest BCUT2D eigenvalue weighted by molar-refractivity contribution is 6.32. The standard InChI is InChI=1S/C23H21Cl2NO3/c1-14-10-18(11-15(2)22(14)25)29-13-21(27)26-20-9-8-17(24)12-19(20)23(28)16-6-4-3-5-7-16/h3-12,23,28H,13H2,1-2H3,(H,26,27). The van der Waals surface area contributed by atoms with Gasteiger partial charge in [-0.25, -0.2) is 0 Å². The Bertz CT molecular complexity index is 999. The lowest BCUT2D eigenvalue weighted by Gasteiger charge is -2.17. The van der Waals surface area contributed by atoms with Gasteiger partial charge in [0.1, 0.15) is 11.9 Å². The lowest BCUT2D eigenvalue weighted by Crippen LogP contribution is -2.21. The van der Waals surface area contributed by atoms with Crippen LogP contribution >= 0.6 is 23.2 Å². The van der Waals surface area contributed by atoms with Crippen LogP contribution in [0.3, 0.4) is 0 Å². The van der Waals surface area contributed by atoms with E-state index in [1.165, 1.54) is 0 Å². The van der Waals surface area contributed by atoms with Gasteiger partial charge in [0.15, 0.2) is 6.61 Å². The highest BCUT2D eigenvalue weighted by atomic mass is 35.5. The monoisotopic (exact) mass is 429 g/mol. The molecule has 0 aliphatic carbocycles. The molecule has 0 heterocycles. The molecule has 0 aliphatic rings. The first-order valence-electron chi connectivity index (χ1n) is 9.07. The van der Waals surface area contributed by atoms with E-state index in [0.717, 1.165) is 11.1 Å². The van der Waals surface area contributed by atoms with E-state index in [9.17, 15) is 9.90 Å². The van der Waals surface area contributed by atoms with Gasteiger partial charge in [-0.05, 0) is 60.9 Å². The van der Waals surface area contributed by atoms with Crippen molar-refractivity contribution in [3.8, 4) is 5.75 Å². The van der Waals surface area contributed by atoms with Crippen molar-refractivity contribution in [2.24, 2.45) is 0 Å². The van der Waals surface area contributed by atoms with Crippen LogP contribution < -0.4 is 10.1 Å². The summed E-state index contributed by atoms with van der Waals surface area (Å²) in [4.78, 5) is 12.4. The first-order chi connectivity index (χ1) is 13.8. The minimum absolute atomic E-state index is 0.177. The van der Waals surface area contributed by atoms with Crippen LogP contribution in [-0.4, -0.2) is 17.6 Å². The maximum Gasteiger partial charge on any atom is 0.262 e. The van der Waals surface area contributed by atoms with Gasteiger partial charge >= 0.3 is 0 Å². The molecule has 0 aliphatic heterocycles. The van der Waals surface area contributed by atoms with Crippen molar-refractivity contribution in [1.29, 1.82) is 0 Å². The molecule has 3 aromatic carbocycles. The average molecular weight is 430 g/mol. The number of aryl methyl sites for hydroxylation is 2. The van der Waals surface area contributed by atoms with Crippen LogP contribution in [0.1, 0.15) is 28.4 Å². The van der Waals surface area contributed by atoms with Crippen molar-refractivity contribution in [3.05, 3.63) is 93.0 Å². The zero-order chi connectivity index (χ0) is 21.0. The van der Waals surface area contributed by atoms with Gasteiger partial charge in [0.25, 0.3) is 5.91 Å². The molecule has 0 fully saturated rings. The van der Waals surface area contributed by atoms with Gasteiger partial charge in [-0.1, -0.05) is 53.5 Å². The third kappa shape index (κ3) is 5.30. The molecule has 1 atom stereocenters. The van der Waals surface area contributed by atoms with Crippen molar-refractivity contribution in [2.75, 3.05) is 11.9 Å². The van der Waals surface area contributed by atoms with E-state index in [1.807, 2.05) is 44.2 Å². The largest absolute Gasteiger partial charge is 0.484 e. The average Bonchev–Trinajstić information content (AvgIpc) is 2.71. The number of amides is 1. The molecule has 3 rings (SSSR count). The number of carbonyl (C=O) groups excluding carboxylic acids is 1. The fraction of sp³-hybridized carbons (Fsp3) is 0.174. The second kappa shape index (κ2) is 9.31. The zero-order valence-corrected chi connectivity index (χ0v) is 17.6. The van der Waals surface area contributed by atoms with Crippen molar-refractivity contribution < 1.29 is 14.6 Å². The van der Waals surface area contributed by atoms with Crippen molar-refractivity contribution >= 4 is 34.8 Å². The van der Waals surface area contributed by atoms with Gasteiger partial charge in [-0.2, -0.15) is 0 Å². The Kier molecular flexibility index (Phi) is 6.80. The molecule has 1 unspecified atom stereocenters. The van der Waals surface area contributed by atoms with E-state index in [-0.39, 0.29) is 12.5 Å². The summed E-state index contributed by atoms with van der Waals surface area (Å²) in [7, 11) is 0. The SMILES string of the molecule is Cc1cc(OCC(=O)Nc2ccc(Cl)cc2C(O)c2ccccc2)cc(C)c1Cl. The van der Waals surface area contributed by atoms with E-state index in [1.54, 1.807) is 30.3 Å². The number of ether oxygens (including phenoxy) is 1. The summed E-state index contributed by atoms with van der Waals surface area (Å²) in [6.07, 6.45) is -0.923. The molecule has 1 amide bonds. The molecule has 4 nitrogen and oxygen atoms in total. The summed E-state index contributed by atoms with van der Waals surface area (Å²) in [6.45, 7) is 3.59. The predicted molar refractivity (Wildman–Crippen MR) is 117 cm³/mol. The Labute approximate surface area is 180 Å². The fourth-order valence-corrected chi connectivity index (χ4v) is 3.30. The molecule has 0 saturated heterocycles. The van der Waals surface area contributed by atoms with E-state index < -0.39 is 6.10 Å². The van der Waals surface area contributed by atoms with E-state index in [4.69, 9.17) is 27.9 Å². The number of carbonyl (C=O) groups is 1. The van der Waals surface area contributed by atoms with E-state index >= 15 is 0 Å². The van der Waals surface area contributed by atoms with Crippen molar-refractivity contribution in [3.63, 3.8) is 0 Å². The predicted octanol–water partition coefficient (Wildman–Crippen LogP) is 5.71. The quantitative estimate of drug-likeness (QED) is 0.527. The number of hydrogen-bond acceptors (Lipinski definition) is 3. The summed E-state index contributed by atoms with van der Waals surface area (Å²) < 4.78 is 5.61. The normalized spacial score (nSPS) is 11.8. The zero-order valence-electron chi connectivity index (χ0n) is 16.1. The Morgan fingerprint density at radius 1 is 1.03 bits per heavy atom. The number of hydrogen-bond donors (Lipinski definition) is 2. The van der Waals surface area contributed by atoms with Crippen LogP contribution in [0.4, 0.5) is 5.69 Å². The van der Waals surface area contributed by atoms with Gasteiger partial charge in [0, 0.05) is 21.3 Å². The number of halogens is 2. The Morgan fingerprint density at radius 2 is 1.69 bits per heavy atom. The summed E-state index contributed by atoms with van der Waals surface area (Å²) in [5, 5.41) is 14.7. The summed E-state index contributed by atoms with van der Waals surface area (Å²) >= 11 is 12.3. The molecule has 0 bridgehead atoms. The lowest BCUT2D eigenvalue weighted by molar-refractivity contribution is -0.118. The second-order valence-corrected chi connectivity index (χ2v) is 7.57. The minimum atomic E-state index is -0.923. The van der Waals surface area contributed by atoms with Gasteiger partial charge in [0.05, 0.1) is 0 Å². The summed E-state index contributed by atoms with van der Waals surface area (Å²) in [6, 6.07) is 17.7. The molecule has 0 aromatic heterocycles. The maximum absolute atomic E-state index is 12.4. The first kappa shape index (κ1) is 21.2. The van der Waals surface area contributed by atoms with Gasteiger partial charge in [-0.15, -0.1) is 0 Å². The van der Waals surface area contributed by atoms with E-state index in [0.29, 0.717) is 32.6 Å². The third-order valence-corrected chi connectivity index (χ3v) is 5.31.